The second kappa shape index (κ2) is 7.69. The molecule has 2 atom stereocenters. The molecule has 1 aliphatic heterocycles. The van der Waals surface area contributed by atoms with Crippen LogP contribution < -0.4 is 14.8 Å². The summed E-state index contributed by atoms with van der Waals surface area (Å²) in [6.45, 7) is 1.04. The molecule has 0 amide bonds. The van der Waals surface area contributed by atoms with Gasteiger partial charge in [-0.2, -0.15) is 0 Å². The number of methoxy groups -OCH3 is 2. The zero-order valence-corrected chi connectivity index (χ0v) is 14.3. The van der Waals surface area contributed by atoms with Crippen LogP contribution in [0.3, 0.4) is 0 Å². The van der Waals surface area contributed by atoms with Crippen molar-refractivity contribution in [2.45, 2.75) is 18.9 Å². The van der Waals surface area contributed by atoms with Crippen LogP contribution >= 0.6 is 0 Å². The van der Waals surface area contributed by atoms with E-state index in [0.29, 0.717) is 0 Å². The van der Waals surface area contributed by atoms with Gasteiger partial charge in [-0.25, -0.2) is 0 Å². The molecule has 0 saturated carbocycles. The Morgan fingerprint density at radius 3 is 2.50 bits per heavy atom. The number of hydrogen-bond acceptors (Lipinski definition) is 4. The highest BCUT2D eigenvalue weighted by Crippen LogP contribution is 2.38. The molecule has 2 aromatic carbocycles. The van der Waals surface area contributed by atoms with Gasteiger partial charge in [0.25, 0.3) is 0 Å². The Bertz CT molecular complexity index is 672. The van der Waals surface area contributed by atoms with Gasteiger partial charge in [0.2, 0.25) is 0 Å². The first kappa shape index (κ1) is 16.8. The maximum Gasteiger partial charge on any atom is 0.161 e. The fraction of sp³-hybridized carbons (Fsp3) is 0.400. The van der Waals surface area contributed by atoms with Crippen LogP contribution in [0.4, 0.5) is 0 Å². The molecule has 2 N–H and O–H groups in total. The zero-order valence-electron chi connectivity index (χ0n) is 14.3. The number of aliphatic hydroxyl groups is 1. The Hall–Kier alpha value is -2.04. The van der Waals surface area contributed by atoms with E-state index in [9.17, 15) is 5.11 Å². The molecule has 0 saturated heterocycles. The molecule has 24 heavy (non-hydrogen) atoms. The Balaban J connectivity index is 1.92. The Morgan fingerprint density at radius 1 is 1.12 bits per heavy atom. The summed E-state index contributed by atoms with van der Waals surface area (Å²) in [5, 5.41) is 13.6. The van der Waals surface area contributed by atoms with Crippen LogP contribution in [0.5, 0.6) is 11.5 Å². The van der Waals surface area contributed by atoms with Gasteiger partial charge in [-0.05, 0) is 48.2 Å². The van der Waals surface area contributed by atoms with Crippen LogP contribution in [-0.2, 0) is 12.8 Å². The van der Waals surface area contributed by atoms with Gasteiger partial charge in [-0.1, -0.05) is 30.3 Å². The number of nitrogens with one attached hydrogen (secondary N) is 1. The quantitative estimate of drug-likeness (QED) is 0.856. The minimum Gasteiger partial charge on any atom is -0.493 e. The van der Waals surface area contributed by atoms with Crippen molar-refractivity contribution in [2.24, 2.45) is 5.92 Å². The van der Waals surface area contributed by atoms with Gasteiger partial charge >= 0.3 is 0 Å². The van der Waals surface area contributed by atoms with Crippen LogP contribution in [0, 0.1) is 5.92 Å². The molecule has 3 rings (SSSR count). The van der Waals surface area contributed by atoms with Crippen LogP contribution in [0.25, 0.3) is 0 Å². The van der Waals surface area contributed by atoms with Crippen LogP contribution in [0.15, 0.2) is 42.5 Å². The minimum absolute atomic E-state index is 0.110. The maximum atomic E-state index is 10.00. The predicted molar refractivity (Wildman–Crippen MR) is 94.7 cm³/mol. The summed E-state index contributed by atoms with van der Waals surface area (Å²) in [6.07, 6.45) is 1.79. The highest BCUT2D eigenvalue weighted by atomic mass is 16.5. The van der Waals surface area contributed by atoms with E-state index in [4.69, 9.17) is 9.47 Å². The summed E-state index contributed by atoms with van der Waals surface area (Å²) in [4.78, 5) is 0. The van der Waals surface area contributed by atoms with Crippen molar-refractivity contribution in [2.75, 3.05) is 27.4 Å². The highest BCUT2D eigenvalue weighted by Gasteiger charge is 2.29. The van der Waals surface area contributed by atoms with E-state index >= 15 is 0 Å². The van der Waals surface area contributed by atoms with Crippen LogP contribution in [0.1, 0.15) is 22.7 Å². The van der Waals surface area contributed by atoms with Crippen molar-refractivity contribution in [3.63, 3.8) is 0 Å². The van der Waals surface area contributed by atoms with E-state index in [2.05, 4.69) is 29.6 Å². The molecule has 0 spiro atoms. The van der Waals surface area contributed by atoms with Gasteiger partial charge in [-0.15, -0.1) is 0 Å². The first-order valence-electron chi connectivity index (χ1n) is 8.39. The third-order valence-corrected chi connectivity index (χ3v) is 4.79. The minimum atomic E-state index is 0.110. The monoisotopic (exact) mass is 327 g/mol. The average molecular weight is 327 g/mol. The van der Waals surface area contributed by atoms with Crippen LogP contribution in [0.2, 0.25) is 0 Å². The molecule has 1 heterocycles. The van der Waals surface area contributed by atoms with E-state index in [-0.39, 0.29) is 18.6 Å². The Morgan fingerprint density at radius 2 is 1.83 bits per heavy atom. The van der Waals surface area contributed by atoms with E-state index in [1.54, 1.807) is 14.2 Å². The normalized spacial score (nSPS) is 17.9. The lowest BCUT2D eigenvalue weighted by molar-refractivity contribution is 0.185. The number of aliphatic hydroxyl groups excluding tert-OH is 1. The van der Waals surface area contributed by atoms with E-state index in [0.717, 1.165) is 30.9 Å². The van der Waals surface area contributed by atoms with Crippen molar-refractivity contribution in [1.29, 1.82) is 0 Å². The summed E-state index contributed by atoms with van der Waals surface area (Å²) in [5.41, 5.74) is 3.71. The van der Waals surface area contributed by atoms with E-state index < -0.39 is 0 Å². The Labute approximate surface area is 143 Å². The molecule has 4 heteroatoms. The van der Waals surface area contributed by atoms with Gasteiger partial charge in [0.15, 0.2) is 11.5 Å². The maximum absolute atomic E-state index is 10.00. The summed E-state index contributed by atoms with van der Waals surface area (Å²) < 4.78 is 10.9. The summed E-state index contributed by atoms with van der Waals surface area (Å²) in [6, 6.07) is 14.6. The summed E-state index contributed by atoms with van der Waals surface area (Å²) >= 11 is 0. The molecule has 128 valence electrons. The molecular formula is C20H25NO3. The van der Waals surface area contributed by atoms with Crippen molar-refractivity contribution in [3.05, 3.63) is 59.2 Å². The van der Waals surface area contributed by atoms with Crippen molar-refractivity contribution in [3.8, 4) is 11.5 Å². The van der Waals surface area contributed by atoms with Crippen molar-refractivity contribution >= 4 is 0 Å². The van der Waals surface area contributed by atoms with E-state index in [1.165, 1.54) is 16.7 Å². The molecule has 0 aliphatic carbocycles. The second-order valence-electron chi connectivity index (χ2n) is 6.22. The highest BCUT2D eigenvalue weighted by molar-refractivity contribution is 5.49. The fourth-order valence-corrected chi connectivity index (χ4v) is 3.54. The van der Waals surface area contributed by atoms with Gasteiger partial charge < -0.3 is 19.9 Å². The first-order chi connectivity index (χ1) is 11.8. The molecule has 0 bridgehead atoms. The molecule has 2 aromatic rings. The number of ether oxygens (including phenoxy) is 2. The van der Waals surface area contributed by atoms with Crippen molar-refractivity contribution < 1.29 is 14.6 Å². The average Bonchev–Trinajstić information content (AvgIpc) is 2.65. The second-order valence-corrected chi connectivity index (χ2v) is 6.22. The standard InChI is InChI=1S/C20H25NO3/c1-23-18-11-15-8-9-21-20(17(15)12-19(18)24-2)16(13-22)10-14-6-4-3-5-7-14/h3-7,11-12,16,20-22H,8-10,13H2,1-2H3/t16-,20-/m1/s1. The molecular weight excluding hydrogens is 302 g/mol. The SMILES string of the molecule is COc1cc2c(cc1OC)[C@@H]([C@@H](CO)Cc1ccccc1)NCC2. The van der Waals surface area contributed by atoms with Gasteiger partial charge in [0.05, 0.1) is 14.2 Å². The molecule has 4 nitrogen and oxygen atoms in total. The predicted octanol–water partition coefficient (Wildman–Crippen LogP) is 2.74. The van der Waals surface area contributed by atoms with Gasteiger partial charge in [-0.3, -0.25) is 0 Å². The zero-order chi connectivity index (χ0) is 16.9. The topological polar surface area (TPSA) is 50.7 Å². The van der Waals surface area contributed by atoms with Gasteiger partial charge in [0, 0.05) is 18.6 Å². The number of benzene rings is 2. The number of rotatable bonds is 6. The first-order valence-corrected chi connectivity index (χ1v) is 8.39. The molecule has 0 unspecified atom stereocenters. The fourth-order valence-electron chi connectivity index (χ4n) is 3.54. The third-order valence-electron chi connectivity index (χ3n) is 4.79. The molecule has 1 aliphatic rings. The molecule has 0 fully saturated rings. The number of fused-ring (bicyclic) bond motifs is 1. The smallest absolute Gasteiger partial charge is 0.161 e. The van der Waals surface area contributed by atoms with Crippen LogP contribution in [-0.4, -0.2) is 32.5 Å². The lowest BCUT2D eigenvalue weighted by Crippen LogP contribution is -2.37. The van der Waals surface area contributed by atoms with Crippen molar-refractivity contribution in [1.82, 2.24) is 5.32 Å². The van der Waals surface area contributed by atoms with E-state index in [1.807, 2.05) is 18.2 Å². The number of hydrogen-bond donors (Lipinski definition) is 2. The third kappa shape index (κ3) is 3.40. The lowest BCUT2D eigenvalue weighted by atomic mass is 9.83. The Kier molecular flexibility index (Phi) is 5.38. The summed E-state index contributed by atoms with van der Waals surface area (Å²) in [5.74, 6) is 1.62. The largest absolute Gasteiger partial charge is 0.493 e. The molecule has 0 aromatic heterocycles. The molecule has 0 radical (unpaired) electrons. The van der Waals surface area contributed by atoms with Gasteiger partial charge in [0.1, 0.15) is 0 Å². The lowest BCUT2D eigenvalue weighted by Gasteiger charge is -2.33. The summed E-state index contributed by atoms with van der Waals surface area (Å²) in [7, 11) is 3.32.